The van der Waals surface area contributed by atoms with Gasteiger partial charge in [0.15, 0.2) is 0 Å². The maximum Gasteiger partial charge on any atom is 0.315 e. The summed E-state index contributed by atoms with van der Waals surface area (Å²) in [5.74, 6) is -1.01. The number of carbonyl (C=O) groups is 2. The molecule has 0 bridgehead atoms. The first-order chi connectivity index (χ1) is 13.6. The predicted octanol–water partition coefficient (Wildman–Crippen LogP) is 3.68. The van der Waals surface area contributed by atoms with Crippen LogP contribution in [-0.4, -0.2) is 28.5 Å². The third-order valence-corrected chi connectivity index (χ3v) is 5.38. The van der Waals surface area contributed by atoms with Crippen LogP contribution in [0.15, 0.2) is 72.9 Å². The van der Waals surface area contributed by atoms with Crippen LogP contribution < -0.4 is 0 Å². The van der Waals surface area contributed by atoms with Crippen LogP contribution in [0.25, 0.3) is 0 Å². The largest absolute Gasteiger partial charge is 0.468 e. The van der Waals surface area contributed by atoms with Gasteiger partial charge in [-0.2, -0.15) is 0 Å². The number of aromatic nitrogens is 1. The van der Waals surface area contributed by atoms with E-state index in [1.807, 2.05) is 78.5 Å². The molecule has 4 rings (SSSR count). The fourth-order valence-corrected chi connectivity index (χ4v) is 4.04. The molecule has 0 saturated heterocycles. The Bertz CT molecular complexity index is 1010. The lowest BCUT2D eigenvalue weighted by Crippen LogP contribution is -2.45. The van der Waals surface area contributed by atoms with Crippen molar-refractivity contribution in [3.63, 3.8) is 0 Å². The van der Waals surface area contributed by atoms with E-state index in [0.29, 0.717) is 12.1 Å². The van der Waals surface area contributed by atoms with Crippen LogP contribution in [0.2, 0.25) is 0 Å². The van der Waals surface area contributed by atoms with Gasteiger partial charge in [0.25, 0.3) is 5.91 Å². The summed E-state index contributed by atoms with van der Waals surface area (Å²) in [5, 5.41) is 0. The van der Waals surface area contributed by atoms with E-state index in [2.05, 4.69) is 0 Å². The van der Waals surface area contributed by atoms with Gasteiger partial charge in [-0.3, -0.25) is 9.59 Å². The second-order valence-corrected chi connectivity index (χ2v) is 7.00. The number of hydrogen-bond donors (Lipinski definition) is 0. The molecule has 0 aliphatic carbocycles. The summed E-state index contributed by atoms with van der Waals surface area (Å²) in [6.07, 6.45) is 1.93. The molecule has 0 radical (unpaired) electrons. The second-order valence-electron chi connectivity index (χ2n) is 7.00. The van der Waals surface area contributed by atoms with Gasteiger partial charge < -0.3 is 14.2 Å². The number of amides is 1. The van der Waals surface area contributed by atoms with E-state index in [4.69, 9.17) is 4.74 Å². The van der Waals surface area contributed by atoms with Crippen molar-refractivity contribution < 1.29 is 14.3 Å². The van der Waals surface area contributed by atoms with Gasteiger partial charge in [-0.1, -0.05) is 48.5 Å². The summed E-state index contributed by atoms with van der Waals surface area (Å²) < 4.78 is 7.12. The van der Waals surface area contributed by atoms with Crippen molar-refractivity contribution in [1.82, 2.24) is 9.47 Å². The van der Waals surface area contributed by atoms with Gasteiger partial charge in [0.1, 0.15) is 5.92 Å². The van der Waals surface area contributed by atoms with E-state index in [1.165, 1.54) is 7.11 Å². The highest BCUT2D eigenvalue weighted by atomic mass is 16.5. The highest BCUT2D eigenvalue weighted by molar-refractivity contribution is 6.00. The van der Waals surface area contributed by atoms with E-state index >= 15 is 0 Å². The van der Waals surface area contributed by atoms with Crippen LogP contribution >= 0.6 is 0 Å². The van der Waals surface area contributed by atoms with Gasteiger partial charge in [0, 0.05) is 31.0 Å². The lowest BCUT2D eigenvalue weighted by Gasteiger charge is -2.41. The van der Waals surface area contributed by atoms with E-state index in [-0.39, 0.29) is 11.9 Å². The maximum atomic E-state index is 13.5. The van der Waals surface area contributed by atoms with Gasteiger partial charge in [0.2, 0.25) is 0 Å². The minimum Gasteiger partial charge on any atom is -0.468 e. The van der Waals surface area contributed by atoms with Crippen molar-refractivity contribution in [3.8, 4) is 0 Å². The Kier molecular flexibility index (Phi) is 4.74. The summed E-state index contributed by atoms with van der Waals surface area (Å²) in [5.41, 5.74) is 3.18. The fraction of sp³-hybridized carbons (Fsp3) is 0.217. The number of esters is 1. The van der Waals surface area contributed by atoms with Crippen molar-refractivity contribution in [1.29, 1.82) is 0 Å². The number of nitrogens with zero attached hydrogens (tertiary/aromatic N) is 2. The molecule has 0 N–H and O–H groups in total. The number of hydrogen-bond acceptors (Lipinski definition) is 3. The summed E-state index contributed by atoms with van der Waals surface area (Å²) in [6, 6.07) is 20.6. The van der Waals surface area contributed by atoms with Crippen LogP contribution in [0, 0.1) is 0 Å². The van der Waals surface area contributed by atoms with Crippen molar-refractivity contribution in [2.24, 2.45) is 7.05 Å². The molecule has 0 spiro atoms. The molecule has 1 aliphatic heterocycles. The Labute approximate surface area is 164 Å². The molecule has 1 aromatic heterocycles. The highest BCUT2D eigenvalue weighted by Crippen LogP contribution is 2.44. The molecule has 3 aromatic rings. The van der Waals surface area contributed by atoms with E-state index in [0.717, 1.165) is 16.8 Å². The third-order valence-electron chi connectivity index (χ3n) is 5.38. The van der Waals surface area contributed by atoms with Crippen molar-refractivity contribution in [3.05, 3.63) is 95.3 Å². The molecule has 5 heteroatoms. The molecule has 2 heterocycles. The second kappa shape index (κ2) is 7.35. The van der Waals surface area contributed by atoms with Crippen LogP contribution in [0.1, 0.15) is 39.1 Å². The molecule has 2 unspecified atom stereocenters. The standard InChI is InChI=1S/C23H22N2O3/c1-24-14-8-13-19(24)21-20(23(27)28-2)17-11-6-7-12-18(17)22(26)25(21)15-16-9-4-3-5-10-16/h3-14,20-21H,15H2,1-2H3. The molecular weight excluding hydrogens is 352 g/mol. The average Bonchev–Trinajstić information content (AvgIpc) is 3.15. The Morgan fingerprint density at radius 3 is 2.39 bits per heavy atom. The number of methoxy groups -OCH3 is 1. The van der Waals surface area contributed by atoms with Crippen LogP contribution in [0.3, 0.4) is 0 Å². The number of carbonyl (C=O) groups excluding carboxylic acids is 2. The quantitative estimate of drug-likeness (QED) is 0.655. The number of rotatable bonds is 4. The topological polar surface area (TPSA) is 51.5 Å². The lowest BCUT2D eigenvalue weighted by molar-refractivity contribution is -0.144. The van der Waals surface area contributed by atoms with Crippen molar-refractivity contribution >= 4 is 11.9 Å². The van der Waals surface area contributed by atoms with Crippen LogP contribution in [0.4, 0.5) is 0 Å². The molecule has 28 heavy (non-hydrogen) atoms. The van der Waals surface area contributed by atoms with Crippen molar-refractivity contribution in [2.75, 3.05) is 7.11 Å². The summed E-state index contributed by atoms with van der Waals surface area (Å²) >= 11 is 0. The van der Waals surface area contributed by atoms with E-state index in [1.54, 1.807) is 11.0 Å². The van der Waals surface area contributed by atoms with E-state index in [9.17, 15) is 9.59 Å². The molecule has 1 amide bonds. The highest BCUT2D eigenvalue weighted by Gasteiger charge is 2.45. The molecule has 0 fully saturated rings. The van der Waals surface area contributed by atoms with Gasteiger partial charge in [-0.15, -0.1) is 0 Å². The van der Waals surface area contributed by atoms with Gasteiger partial charge in [-0.25, -0.2) is 0 Å². The molecule has 1 aliphatic rings. The smallest absolute Gasteiger partial charge is 0.315 e. The molecule has 142 valence electrons. The first kappa shape index (κ1) is 18.0. The molecule has 0 saturated carbocycles. The third kappa shape index (κ3) is 2.99. The van der Waals surface area contributed by atoms with Crippen molar-refractivity contribution in [2.45, 2.75) is 18.5 Å². The van der Waals surface area contributed by atoms with E-state index < -0.39 is 12.0 Å². The zero-order valence-electron chi connectivity index (χ0n) is 15.9. The predicted molar refractivity (Wildman–Crippen MR) is 106 cm³/mol. The summed E-state index contributed by atoms with van der Waals surface area (Å²) in [6.45, 7) is 0.414. The van der Waals surface area contributed by atoms with Gasteiger partial charge in [0.05, 0.1) is 13.2 Å². The fourth-order valence-electron chi connectivity index (χ4n) is 4.04. The number of aryl methyl sites for hydroxylation is 1. The maximum absolute atomic E-state index is 13.5. The Hall–Kier alpha value is -3.34. The molecule has 2 atom stereocenters. The average molecular weight is 374 g/mol. The zero-order valence-corrected chi connectivity index (χ0v) is 15.9. The normalized spacial score (nSPS) is 18.6. The first-order valence-corrected chi connectivity index (χ1v) is 9.24. The Morgan fingerprint density at radius 1 is 1.00 bits per heavy atom. The van der Waals surface area contributed by atoms with Gasteiger partial charge in [-0.05, 0) is 29.3 Å². The first-order valence-electron chi connectivity index (χ1n) is 9.24. The molecule has 5 nitrogen and oxygen atoms in total. The monoisotopic (exact) mass is 374 g/mol. The minimum atomic E-state index is -0.587. The number of ether oxygens (including phenoxy) is 1. The van der Waals surface area contributed by atoms with Crippen LogP contribution in [0.5, 0.6) is 0 Å². The summed E-state index contributed by atoms with van der Waals surface area (Å²) in [7, 11) is 3.32. The Balaban J connectivity index is 1.90. The number of fused-ring (bicyclic) bond motifs is 1. The molecular formula is C23H22N2O3. The Morgan fingerprint density at radius 2 is 1.71 bits per heavy atom. The minimum absolute atomic E-state index is 0.0780. The van der Waals surface area contributed by atoms with Gasteiger partial charge >= 0.3 is 5.97 Å². The zero-order chi connectivity index (χ0) is 19.7. The molecule has 2 aromatic carbocycles. The SMILES string of the molecule is COC(=O)C1c2ccccc2C(=O)N(Cc2ccccc2)C1c1cccn1C. The summed E-state index contributed by atoms with van der Waals surface area (Å²) in [4.78, 5) is 28.1. The lowest BCUT2D eigenvalue weighted by atomic mass is 9.81. The number of benzene rings is 2. The van der Waals surface area contributed by atoms with Crippen LogP contribution in [-0.2, 0) is 23.1 Å².